The van der Waals surface area contributed by atoms with Gasteiger partial charge >= 0.3 is 0 Å². The minimum atomic E-state index is -0.121. The number of amides is 1. The summed E-state index contributed by atoms with van der Waals surface area (Å²) in [4.78, 5) is 14.7. The summed E-state index contributed by atoms with van der Waals surface area (Å²) < 4.78 is 0. The molecule has 0 aliphatic carbocycles. The highest BCUT2D eigenvalue weighted by Gasteiger charge is 2.38. The standard InChI is InChI=1S/C16H24N2O/c1-11(2)18-14-9-7-6-8-12(14)16(3,4)10-13(17-5)15(18)19/h6-9,11,13,17H,10H2,1-5H3. The van der Waals surface area contributed by atoms with Crippen molar-refractivity contribution in [2.75, 3.05) is 11.9 Å². The van der Waals surface area contributed by atoms with Crippen LogP contribution in [-0.4, -0.2) is 25.0 Å². The first-order valence-electron chi connectivity index (χ1n) is 6.98. The third-order valence-corrected chi connectivity index (χ3v) is 4.01. The predicted molar refractivity (Wildman–Crippen MR) is 79.6 cm³/mol. The van der Waals surface area contributed by atoms with Crippen LogP contribution < -0.4 is 10.2 Å². The van der Waals surface area contributed by atoms with Crippen molar-refractivity contribution in [1.29, 1.82) is 0 Å². The summed E-state index contributed by atoms with van der Waals surface area (Å²) in [5.41, 5.74) is 2.31. The first-order valence-corrected chi connectivity index (χ1v) is 6.98. The summed E-state index contributed by atoms with van der Waals surface area (Å²) in [6.45, 7) is 8.57. The number of hydrogen-bond donors (Lipinski definition) is 1. The van der Waals surface area contributed by atoms with Crippen LogP contribution in [-0.2, 0) is 10.2 Å². The lowest BCUT2D eigenvalue weighted by atomic mass is 9.79. The average Bonchev–Trinajstić information content (AvgIpc) is 2.43. The molecule has 0 fully saturated rings. The molecule has 0 bridgehead atoms. The molecule has 1 aromatic carbocycles. The zero-order valence-corrected chi connectivity index (χ0v) is 12.5. The van der Waals surface area contributed by atoms with Gasteiger partial charge in [-0.15, -0.1) is 0 Å². The van der Waals surface area contributed by atoms with Crippen molar-refractivity contribution in [3.05, 3.63) is 29.8 Å². The van der Waals surface area contributed by atoms with E-state index in [0.29, 0.717) is 0 Å². The molecule has 0 aromatic heterocycles. The molecule has 1 unspecified atom stereocenters. The van der Waals surface area contributed by atoms with Gasteiger partial charge in [-0.05, 0) is 44.4 Å². The Morgan fingerprint density at radius 1 is 1.32 bits per heavy atom. The van der Waals surface area contributed by atoms with Gasteiger partial charge in [0.2, 0.25) is 5.91 Å². The van der Waals surface area contributed by atoms with Crippen molar-refractivity contribution in [2.45, 2.75) is 51.6 Å². The molecule has 1 amide bonds. The van der Waals surface area contributed by atoms with Crippen molar-refractivity contribution in [3.8, 4) is 0 Å². The number of benzene rings is 1. The Morgan fingerprint density at radius 2 is 1.95 bits per heavy atom. The van der Waals surface area contributed by atoms with Crippen molar-refractivity contribution in [3.63, 3.8) is 0 Å². The topological polar surface area (TPSA) is 32.3 Å². The van der Waals surface area contributed by atoms with Gasteiger partial charge in [-0.1, -0.05) is 32.0 Å². The second-order valence-corrected chi connectivity index (χ2v) is 6.25. The number of carbonyl (C=O) groups is 1. The number of fused-ring (bicyclic) bond motifs is 1. The van der Waals surface area contributed by atoms with Crippen LogP contribution in [0.3, 0.4) is 0 Å². The van der Waals surface area contributed by atoms with E-state index in [0.717, 1.165) is 12.1 Å². The first kappa shape index (κ1) is 14.1. The number of hydrogen-bond acceptors (Lipinski definition) is 2. The largest absolute Gasteiger partial charge is 0.309 e. The number of nitrogens with one attached hydrogen (secondary N) is 1. The molecule has 2 rings (SSSR count). The number of nitrogens with zero attached hydrogens (tertiary/aromatic N) is 1. The smallest absolute Gasteiger partial charge is 0.244 e. The summed E-state index contributed by atoms with van der Waals surface area (Å²) in [7, 11) is 1.87. The molecular formula is C16H24N2O. The predicted octanol–water partition coefficient (Wildman–Crippen LogP) is 2.70. The molecule has 3 nitrogen and oxygen atoms in total. The minimum Gasteiger partial charge on any atom is -0.309 e. The van der Waals surface area contributed by atoms with Gasteiger partial charge < -0.3 is 10.2 Å². The Hall–Kier alpha value is -1.35. The number of likely N-dealkylation sites (N-methyl/N-ethyl adjacent to an activating group) is 1. The molecule has 104 valence electrons. The number of para-hydroxylation sites is 1. The van der Waals surface area contributed by atoms with Crippen molar-refractivity contribution >= 4 is 11.6 Å². The van der Waals surface area contributed by atoms with E-state index in [4.69, 9.17) is 0 Å². The fourth-order valence-corrected chi connectivity index (χ4v) is 3.01. The van der Waals surface area contributed by atoms with Gasteiger partial charge in [0.15, 0.2) is 0 Å². The normalized spacial score (nSPS) is 22.3. The third-order valence-electron chi connectivity index (χ3n) is 4.01. The molecule has 0 saturated heterocycles. The van der Waals surface area contributed by atoms with Crippen molar-refractivity contribution in [2.24, 2.45) is 0 Å². The van der Waals surface area contributed by atoms with E-state index in [9.17, 15) is 4.79 Å². The Labute approximate surface area is 116 Å². The van der Waals surface area contributed by atoms with E-state index in [2.05, 4.69) is 51.2 Å². The zero-order chi connectivity index (χ0) is 14.2. The second kappa shape index (κ2) is 4.97. The van der Waals surface area contributed by atoms with Crippen molar-refractivity contribution < 1.29 is 4.79 Å². The van der Waals surface area contributed by atoms with E-state index in [1.54, 1.807) is 0 Å². The van der Waals surface area contributed by atoms with Crippen LogP contribution in [0.25, 0.3) is 0 Å². The summed E-state index contributed by atoms with van der Waals surface area (Å²) in [6, 6.07) is 8.33. The first-order chi connectivity index (χ1) is 8.88. The highest BCUT2D eigenvalue weighted by Crippen LogP contribution is 2.39. The summed E-state index contributed by atoms with van der Waals surface area (Å²) in [5.74, 6) is 0.176. The van der Waals surface area contributed by atoms with Gasteiger partial charge in [0.05, 0.1) is 6.04 Å². The van der Waals surface area contributed by atoms with E-state index in [-0.39, 0.29) is 23.4 Å². The van der Waals surface area contributed by atoms with Gasteiger partial charge in [-0.25, -0.2) is 0 Å². The van der Waals surface area contributed by atoms with Crippen molar-refractivity contribution in [1.82, 2.24) is 5.32 Å². The number of rotatable bonds is 2. The highest BCUT2D eigenvalue weighted by atomic mass is 16.2. The molecule has 1 N–H and O–H groups in total. The Bertz CT molecular complexity index is 479. The fraction of sp³-hybridized carbons (Fsp3) is 0.562. The molecule has 3 heteroatoms. The number of anilines is 1. The second-order valence-electron chi connectivity index (χ2n) is 6.25. The maximum Gasteiger partial charge on any atom is 0.244 e. The van der Waals surface area contributed by atoms with Crippen LogP contribution in [0, 0.1) is 0 Å². The molecule has 1 aliphatic heterocycles. The lowest BCUT2D eigenvalue weighted by molar-refractivity contribution is -0.121. The van der Waals surface area contributed by atoms with Crippen LogP contribution in [0.2, 0.25) is 0 Å². The average molecular weight is 260 g/mol. The van der Waals surface area contributed by atoms with Crippen LogP contribution in [0.1, 0.15) is 39.7 Å². The van der Waals surface area contributed by atoms with Crippen LogP contribution >= 0.6 is 0 Å². The van der Waals surface area contributed by atoms with Crippen LogP contribution in [0.4, 0.5) is 5.69 Å². The van der Waals surface area contributed by atoms with Gasteiger partial charge in [0.1, 0.15) is 0 Å². The quantitative estimate of drug-likeness (QED) is 0.886. The number of carbonyl (C=O) groups excluding carboxylic acids is 1. The molecule has 1 aromatic rings. The monoisotopic (exact) mass is 260 g/mol. The maximum absolute atomic E-state index is 12.7. The molecule has 0 radical (unpaired) electrons. The zero-order valence-electron chi connectivity index (χ0n) is 12.5. The van der Waals surface area contributed by atoms with Gasteiger partial charge in [-0.3, -0.25) is 4.79 Å². The summed E-state index contributed by atoms with van der Waals surface area (Å²) >= 11 is 0. The molecule has 19 heavy (non-hydrogen) atoms. The van der Waals surface area contributed by atoms with Gasteiger partial charge in [0, 0.05) is 11.7 Å². The summed E-state index contributed by atoms with van der Waals surface area (Å²) in [5, 5.41) is 3.18. The van der Waals surface area contributed by atoms with Crippen LogP contribution in [0.15, 0.2) is 24.3 Å². The van der Waals surface area contributed by atoms with E-state index < -0.39 is 0 Å². The van der Waals surface area contributed by atoms with E-state index in [1.807, 2.05) is 18.0 Å². The molecule has 1 heterocycles. The lowest BCUT2D eigenvalue weighted by Gasteiger charge is -2.29. The molecule has 0 saturated carbocycles. The van der Waals surface area contributed by atoms with E-state index >= 15 is 0 Å². The molecule has 1 aliphatic rings. The minimum absolute atomic E-state index is 0.0103. The molecular weight excluding hydrogens is 236 g/mol. The Kier molecular flexibility index (Phi) is 3.68. The van der Waals surface area contributed by atoms with E-state index in [1.165, 1.54) is 5.56 Å². The SMILES string of the molecule is CNC1CC(C)(C)c2ccccc2N(C(C)C)C1=O. The fourth-order valence-electron chi connectivity index (χ4n) is 3.01. The Morgan fingerprint density at radius 3 is 2.53 bits per heavy atom. The highest BCUT2D eigenvalue weighted by molar-refractivity contribution is 5.99. The van der Waals surface area contributed by atoms with Crippen LogP contribution in [0.5, 0.6) is 0 Å². The summed E-state index contributed by atoms with van der Waals surface area (Å²) in [6.07, 6.45) is 0.822. The Balaban J connectivity index is 2.62. The third kappa shape index (κ3) is 2.39. The molecule has 0 spiro atoms. The lowest BCUT2D eigenvalue weighted by Crippen LogP contribution is -2.48. The maximum atomic E-state index is 12.7. The van der Waals surface area contributed by atoms with Gasteiger partial charge in [-0.2, -0.15) is 0 Å². The van der Waals surface area contributed by atoms with Gasteiger partial charge in [0.25, 0.3) is 0 Å². The molecule has 1 atom stereocenters.